The van der Waals surface area contributed by atoms with E-state index in [1.807, 2.05) is 0 Å². The van der Waals surface area contributed by atoms with Crippen LogP contribution in [0.15, 0.2) is 22.7 Å². The third kappa shape index (κ3) is 2.29. The Bertz CT molecular complexity index is 666. The summed E-state index contributed by atoms with van der Waals surface area (Å²) in [5, 5.41) is 4.75. The molecule has 110 valence electrons. The fourth-order valence-electron chi connectivity index (χ4n) is 2.61. The molecule has 0 bridgehead atoms. The van der Waals surface area contributed by atoms with Crippen molar-refractivity contribution < 1.29 is 18.8 Å². The highest BCUT2D eigenvalue weighted by Gasteiger charge is 2.51. The van der Waals surface area contributed by atoms with Crippen molar-refractivity contribution in [3.05, 3.63) is 34.1 Å². The number of rotatable bonds is 1. The highest BCUT2D eigenvalue weighted by Crippen LogP contribution is 2.26. The van der Waals surface area contributed by atoms with Gasteiger partial charge in [0.15, 0.2) is 0 Å². The number of halogens is 2. The zero-order valence-corrected chi connectivity index (χ0v) is 12.4. The van der Waals surface area contributed by atoms with Crippen LogP contribution in [0, 0.1) is 5.82 Å². The maximum absolute atomic E-state index is 13.2. The molecule has 4 amide bonds. The maximum atomic E-state index is 13.2. The third-order valence-corrected chi connectivity index (χ3v) is 4.35. The molecule has 21 heavy (non-hydrogen) atoms. The normalized spacial score (nSPS) is 24.4. The van der Waals surface area contributed by atoms with E-state index in [1.165, 1.54) is 23.1 Å². The van der Waals surface area contributed by atoms with Crippen LogP contribution < -0.4 is 10.6 Å². The largest absolute Gasteiger partial charge is 0.336 e. The molecule has 3 rings (SSSR count). The summed E-state index contributed by atoms with van der Waals surface area (Å²) in [7, 11) is 0. The molecule has 1 aromatic rings. The van der Waals surface area contributed by atoms with Gasteiger partial charge in [0, 0.05) is 12.1 Å². The van der Waals surface area contributed by atoms with Crippen LogP contribution in [0.2, 0.25) is 0 Å². The number of hydrogen-bond donors (Lipinski definition) is 2. The molecule has 2 N–H and O–H groups in total. The molecule has 2 aliphatic rings. The molecule has 6 nitrogen and oxygen atoms in total. The highest BCUT2D eigenvalue weighted by atomic mass is 79.9. The Morgan fingerprint density at radius 3 is 2.76 bits per heavy atom. The van der Waals surface area contributed by atoms with Gasteiger partial charge in [0.2, 0.25) is 0 Å². The summed E-state index contributed by atoms with van der Waals surface area (Å²) in [6.07, 6.45) is 0.360. The standard InChI is InChI=1S/C13H11BrFN3O3/c14-8-5-7(1-2-9(8)15)10(19)18-4-3-13(6-18)11(20)16-12(21)17-13/h1-2,5H,3-4,6H2,(H2,16,17,20,21). The molecule has 1 unspecified atom stereocenters. The first-order valence-corrected chi connectivity index (χ1v) is 7.08. The van der Waals surface area contributed by atoms with E-state index in [2.05, 4.69) is 26.6 Å². The van der Waals surface area contributed by atoms with Crippen molar-refractivity contribution in [2.24, 2.45) is 0 Å². The van der Waals surface area contributed by atoms with Gasteiger partial charge in [-0.1, -0.05) is 0 Å². The van der Waals surface area contributed by atoms with Crippen LogP contribution in [0.4, 0.5) is 9.18 Å². The molecule has 1 spiro atoms. The number of nitrogens with one attached hydrogen (secondary N) is 2. The van der Waals surface area contributed by atoms with Gasteiger partial charge in [0.1, 0.15) is 11.4 Å². The molecule has 2 heterocycles. The SMILES string of the molecule is O=C1NC(=O)C2(CCN(C(=O)c3ccc(F)c(Br)c3)C2)N1. The molecule has 1 aromatic carbocycles. The van der Waals surface area contributed by atoms with Gasteiger partial charge in [-0.2, -0.15) is 0 Å². The molecule has 0 aliphatic carbocycles. The van der Waals surface area contributed by atoms with E-state index < -0.39 is 23.3 Å². The molecule has 2 aliphatic heterocycles. The van der Waals surface area contributed by atoms with Gasteiger partial charge < -0.3 is 10.2 Å². The predicted molar refractivity (Wildman–Crippen MR) is 74.0 cm³/mol. The van der Waals surface area contributed by atoms with Gasteiger partial charge in [0.05, 0.1) is 11.0 Å². The molecular weight excluding hydrogens is 345 g/mol. The number of likely N-dealkylation sites (tertiary alicyclic amines) is 1. The molecule has 1 atom stereocenters. The van der Waals surface area contributed by atoms with Crippen molar-refractivity contribution in [1.82, 2.24) is 15.5 Å². The number of benzene rings is 1. The Morgan fingerprint density at radius 2 is 2.14 bits per heavy atom. The topological polar surface area (TPSA) is 78.5 Å². The van der Waals surface area contributed by atoms with E-state index in [0.717, 1.165) is 0 Å². The van der Waals surface area contributed by atoms with E-state index in [4.69, 9.17) is 0 Å². The van der Waals surface area contributed by atoms with Crippen molar-refractivity contribution in [3.8, 4) is 0 Å². The lowest BCUT2D eigenvalue weighted by Crippen LogP contribution is -2.49. The molecule has 0 aromatic heterocycles. The van der Waals surface area contributed by atoms with E-state index in [-0.39, 0.29) is 16.9 Å². The maximum Gasteiger partial charge on any atom is 0.322 e. The molecule has 8 heteroatoms. The Morgan fingerprint density at radius 1 is 1.38 bits per heavy atom. The number of hydrogen-bond acceptors (Lipinski definition) is 3. The lowest BCUT2D eigenvalue weighted by atomic mass is 9.99. The quantitative estimate of drug-likeness (QED) is 0.738. The second-order valence-corrected chi connectivity index (χ2v) is 5.95. The van der Waals surface area contributed by atoms with Crippen LogP contribution in [-0.2, 0) is 4.79 Å². The Kier molecular flexibility index (Phi) is 3.20. The summed E-state index contributed by atoms with van der Waals surface area (Å²) in [6.45, 7) is 0.458. The van der Waals surface area contributed by atoms with Crippen molar-refractivity contribution in [2.75, 3.05) is 13.1 Å². The summed E-state index contributed by atoms with van der Waals surface area (Å²) < 4.78 is 13.4. The van der Waals surface area contributed by atoms with Gasteiger partial charge in [-0.05, 0) is 40.5 Å². The fourth-order valence-corrected chi connectivity index (χ4v) is 2.99. The average molecular weight is 356 g/mol. The van der Waals surface area contributed by atoms with Gasteiger partial charge in [0.25, 0.3) is 11.8 Å². The van der Waals surface area contributed by atoms with Crippen LogP contribution in [0.1, 0.15) is 16.8 Å². The zero-order valence-electron chi connectivity index (χ0n) is 10.8. The van der Waals surface area contributed by atoms with Crippen molar-refractivity contribution >= 4 is 33.8 Å². The average Bonchev–Trinajstić information content (AvgIpc) is 2.97. The molecule has 2 saturated heterocycles. The Hall–Kier alpha value is -1.96. The predicted octanol–water partition coefficient (Wildman–Crippen LogP) is 1.01. The van der Waals surface area contributed by atoms with E-state index in [0.29, 0.717) is 18.5 Å². The van der Waals surface area contributed by atoms with Crippen LogP contribution in [0.3, 0.4) is 0 Å². The highest BCUT2D eigenvalue weighted by molar-refractivity contribution is 9.10. The molecule has 0 saturated carbocycles. The lowest BCUT2D eigenvalue weighted by Gasteiger charge is -2.21. The number of nitrogens with zero attached hydrogens (tertiary/aromatic N) is 1. The number of imide groups is 1. The summed E-state index contributed by atoms with van der Waals surface area (Å²) in [5.41, 5.74) is -0.714. The number of carbonyl (C=O) groups is 3. The van der Waals surface area contributed by atoms with E-state index in [9.17, 15) is 18.8 Å². The first kappa shape index (κ1) is 14.0. The molecule has 0 radical (unpaired) electrons. The summed E-state index contributed by atoms with van der Waals surface area (Å²) in [4.78, 5) is 36.9. The van der Waals surface area contributed by atoms with E-state index in [1.54, 1.807) is 0 Å². The van der Waals surface area contributed by atoms with Crippen molar-refractivity contribution in [3.63, 3.8) is 0 Å². The summed E-state index contributed by atoms with van der Waals surface area (Å²) in [6, 6.07) is 3.45. The monoisotopic (exact) mass is 355 g/mol. The Labute approximate surface area is 127 Å². The number of carbonyl (C=O) groups excluding carboxylic acids is 3. The van der Waals surface area contributed by atoms with Crippen LogP contribution >= 0.6 is 15.9 Å². The number of amides is 4. The van der Waals surface area contributed by atoms with Gasteiger partial charge >= 0.3 is 6.03 Å². The second kappa shape index (κ2) is 4.80. The smallest absolute Gasteiger partial charge is 0.322 e. The van der Waals surface area contributed by atoms with Crippen LogP contribution in [0.5, 0.6) is 0 Å². The summed E-state index contributed by atoms with van der Waals surface area (Å²) >= 11 is 3.03. The van der Waals surface area contributed by atoms with Crippen LogP contribution in [-0.4, -0.2) is 41.4 Å². The van der Waals surface area contributed by atoms with Gasteiger partial charge in [-0.15, -0.1) is 0 Å². The van der Waals surface area contributed by atoms with Gasteiger partial charge in [-0.3, -0.25) is 14.9 Å². The minimum atomic E-state index is -1.04. The van der Waals surface area contributed by atoms with E-state index >= 15 is 0 Å². The summed E-state index contributed by atoms with van der Waals surface area (Å²) in [5.74, 6) is -1.17. The second-order valence-electron chi connectivity index (χ2n) is 5.10. The van der Waals surface area contributed by atoms with Crippen molar-refractivity contribution in [2.45, 2.75) is 12.0 Å². The first-order chi connectivity index (χ1) is 9.91. The minimum absolute atomic E-state index is 0.110. The zero-order chi connectivity index (χ0) is 15.2. The first-order valence-electron chi connectivity index (χ1n) is 6.29. The van der Waals surface area contributed by atoms with Crippen molar-refractivity contribution in [1.29, 1.82) is 0 Å². The Balaban J connectivity index is 1.80. The molecule has 2 fully saturated rings. The fraction of sp³-hybridized carbons (Fsp3) is 0.308. The van der Waals surface area contributed by atoms with Crippen LogP contribution in [0.25, 0.3) is 0 Å². The molecular formula is C13H11BrFN3O3. The van der Waals surface area contributed by atoms with Gasteiger partial charge in [-0.25, -0.2) is 9.18 Å². The number of urea groups is 1. The third-order valence-electron chi connectivity index (χ3n) is 3.74. The lowest BCUT2D eigenvalue weighted by molar-refractivity contribution is -0.123. The minimum Gasteiger partial charge on any atom is -0.336 e.